The van der Waals surface area contributed by atoms with E-state index in [1.54, 1.807) is 32.0 Å². The molecule has 214 valence electrons. The first-order valence-electron chi connectivity index (χ1n) is 12.3. The number of hydrogen-bond acceptors (Lipinski definition) is 8. The minimum atomic E-state index is -0.762. The SMILES string of the molecule is CCOC(=O)C1=C(C)NC(=O)N[C@@H]1c1ccc(OCC(=O)N/N=C/c2cc(I)cc(I)c2OC(C)C)c(OC)c1. The second kappa shape index (κ2) is 14.5. The zero-order valence-corrected chi connectivity index (χ0v) is 26.9. The predicted molar refractivity (Wildman–Crippen MR) is 166 cm³/mol. The van der Waals surface area contributed by atoms with Gasteiger partial charge in [0, 0.05) is 14.8 Å². The van der Waals surface area contributed by atoms with Crippen LogP contribution in [0.3, 0.4) is 0 Å². The van der Waals surface area contributed by atoms with Crippen LogP contribution >= 0.6 is 45.2 Å². The van der Waals surface area contributed by atoms with Crippen LogP contribution in [0, 0.1) is 7.14 Å². The van der Waals surface area contributed by atoms with E-state index in [2.05, 4.69) is 66.3 Å². The van der Waals surface area contributed by atoms with Gasteiger partial charge in [0.15, 0.2) is 18.1 Å². The summed E-state index contributed by atoms with van der Waals surface area (Å²) in [6, 6.07) is 7.59. The Balaban J connectivity index is 1.70. The highest BCUT2D eigenvalue weighted by atomic mass is 127. The molecule has 0 aliphatic carbocycles. The summed E-state index contributed by atoms with van der Waals surface area (Å²) < 4.78 is 24.1. The number of allylic oxidation sites excluding steroid dienone is 1. The average molecular weight is 776 g/mol. The maximum Gasteiger partial charge on any atom is 0.338 e. The van der Waals surface area contributed by atoms with Gasteiger partial charge in [-0.25, -0.2) is 15.0 Å². The molecule has 0 saturated heterocycles. The number of halogens is 2. The van der Waals surface area contributed by atoms with Gasteiger partial charge in [-0.3, -0.25) is 4.79 Å². The van der Waals surface area contributed by atoms with Crippen molar-refractivity contribution in [2.45, 2.75) is 39.8 Å². The van der Waals surface area contributed by atoms with Gasteiger partial charge in [-0.15, -0.1) is 0 Å². The van der Waals surface area contributed by atoms with Crippen LogP contribution in [0.4, 0.5) is 4.79 Å². The number of nitrogens with zero attached hydrogens (tertiary/aromatic N) is 1. The second-order valence-electron chi connectivity index (χ2n) is 8.76. The molecule has 0 aromatic heterocycles. The fourth-order valence-corrected chi connectivity index (χ4v) is 5.81. The van der Waals surface area contributed by atoms with E-state index in [9.17, 15) is 14.4 Å². The van der Waals surface area contributed by atoms with Crippen molar-refractivity contribution in [1.29, 1.82) is 0 Å². The van der Waals surface area contributed by atoms with Crippen LogP contribution in [0.1, 0.15) is 44.9 Å². The first-order chi connectivity index (χ1) is 19.0. The van der Waals surface area contributed by atoms with Crippen LogP contribution < -0.4 is 30.3 Å². The van der Waals surface area contributed by atoms with Gasteiger partial charge in [-0.05, 0) is 103 Å². The Morgan fingerprint density at radius 2 is 1.93 bits per heavy atom. The third-order valence-electron chi connectivity index (χ3n) is 5.43. The lowest BCUT2D eigenvalue weighted by Crippen LogP contribution is -2.45. The smallest absolute Gasteiger partial charge is 0.338 e. The Kier molecular flexibility index (Phi) is 11.4. The van der Waals surface area contributed by atoms with Gasteiger partial charge < -0.3 is 29.6 Å². The standard InChI is InChI=1S/C27H30I2N4O7/c1-6-38-26(35)23-15(4)31-27(36)32-24(23)16-7-8-20(21(10-16)37-5)39-13-22(34)33-30-12-17-9-18(28)11-19(29)25(17)40-14(2)3/h7-12,14,24H,6,13H2,1-5H3,(H,33,34)(H2,31,32,36)/b30-12+/t24-/m1/s1. The minimum Gasteiger partial charge on any atom is -0.493 e. The van der Waals surface area contributed by atoms with Crippen LogP contribution in [0.5, 0.6) is 17.2 Å². The molecule has 2 aromatic rings. The highest BCUT2D eigenvalue weighted by molar-refractivity contribution is 14.1. The van der Waals surface area contributed by atoms with Crippen LogP contribution in [0.25, 0.3) is 0 Å². The van der Waals surface area contributed by atoms with Crippen molar-refractivity contribution in [1.82, 2.24) is 16.1 Å². The van der Waals surface area contributed by atoms with Crippen molar-refractivity contribution in [3.8, 4) is 17.2 Å². The molecule has 1 atom stereocenters. The molecule has 0 bridgehead atoms. The van der Waals surface area contributed by atoms with E-state index in [1.807, 2.05) is 26.0 Å². The number of hydrazone groups is 1. The lowest BCUT2D eigenvalue weighted by atomic mass is 9.95. The molecule has 11 nitrogen and oxygen atoms in total. The minimum absolute atomic E-state index is 0.0204. The van der Waals surface area contributed by atoms with E-state index >= 15 is 0 Å². The third-order valence-corrected chi connectivity index (χ3v) is 6.85. The number of amides is 3. The average Bonchev–Trinajstić information content (AvgIpc) is 2.88. The zero-order chi connectivity index (χ0) is 29.4. The van der Waals surface area contributed by atoms with Crippen molar-refractivity contribution in [3.05, 3.63) is 59.9 Å². The van der Waals surface area contributed by atoms with E-state index in [0.29, 0.717) is 28.5 Å². The van der Waals surface area contributed by atoms with Gasteiger partial charge in [0.25, 0.3) is 5.91 Å². The molecule has 13 heteroatoms. The third kappa shape index (κ3) is 8.22. The fraction of sp³-hybridized carbons (Fsp3) is 0.333. The number of hydrogen-bond donors (Lipinski definition) is 3. The molecule has 2 aromatic carbocycles. The number of rotatable bonds is 11. The van der Waals surface area contributed by atoms with Crippen LogP contribution in [-0.2, 0) is 14.3 Å². The molecule has 40 heavy (non-hydrogen) atoms. The molecule has 1 aliphatic rings. The van der Waals surface area contributed by atoms with Crippen LogP contribution in [0.15, 0.2) is 46.7 Å². The van der Waals surface area contributed by atoms with Gasteiger partial charge in [-0.1, -0.05) is 6.07 Å². The number of carbonyl (C=O) groups excluding carboxylic acids is 3. The first-order valence-corrected chi connectivity index (χ1v) is 14.4. The van der Waals surface area contributed by atoms with E-state index < -0.39 is 23.9 Å². The number of benzene rings is 2. The lowest BCUT2D eigenvalue weighted by Gasteiger charge is -2.28. The lowest BCUT2D eigenvalue weighted by molar-refractivity contribution is -0.139. The van der Waals surface area contributed by atoms with Gasteiger partial charge >= 0.3 is 12.0 Å². The topological polar surface area (TPSA) is 137 Å². The van der Waals surface area contributed by atoms with E-state index in [0.717, 1.165) is 12.7 Å². The Labute approximate surface area is 259 Å². The van der Waals surface area contributed by atoms with Crippen molar-refractivity contribution in [2.75, 3.05) is 20.3 Å². The predicted octanol–water partition coefficient (Wildman–Crippen LogP) is 4.41. The Morgan fingerprint density at radius 1 is 1.18 bits per heavy atom. The van der Waals surface area contributed by atoms with E-state index in [4.69, 9.17) is 18.9 Å². The number of urea groups is 1. The summed E-state index contributed by atoms with van der Waals surface area (Å²) in [6.45, 7) is 7.07. The molecule has 3 amide bonds. The fourth-order valence-electron chi connectivity index (χ4n) is 3.79. The molecule has 0 fully saturated rings. The monoisotopic (exact) mass is 776 g/mol. The molecule has 3 rings (SSSR count). The van der Waals surface area contributed by atoms with E-state index in [1.165, 1.54) is 13.3 Å². The molecule has 1 aliphatic heterocycles. The Bertz CT molecular complexity index is 1340. The van der Waals surface area contributed by atoms with Crippen molar-refractivity contribution in [3.63, 3.8) is 0 Å². The second-order valence-corrected chi connectivity index (χ2v) is 11.2. The summed E-state index contributed by atoms with van der Waals surface area (Å²) in [7, 11) is 1.45. The summed E-state index contributed by atoms with van der Waals surface area (Å²) in [6.07, 6.45) is 1.51. The summed E-state index contributed by atoms with van der Waals surface area (Å²) in [5.74, 6) is 0.269. The van der Waals surface area contributed by atoms with Crippen molar-refractivity contribution < 1.29 is 33.3 Å². The maximum atomic E-state index is 12.6. The van der Waals surface area contributed by atoms with Gasteiger partial charge in [0.05, 0.1) is 41.2 Å². The number of carbonyl (C=O) groups is 3. The quantitative estimate of drug-likeness (QED) is 0.133. The number of esters is 1. The van der Waals surface area contributed by atoms with Gasteiger partial charge in [0.2, 0.25) is 0 Å². The molecule has 3 N–H and O–H groups in total. The zero-order valence-electron chi connectivity index (χ0n) is 22.6. The normalized spacial score (nSPS) is 15.0. The van der Waals surface area contributed by atoms with Crippen molar-refractivity contribution in [2.24, 2.45) is 5.10 Å². The van der Waals surface area contributed by atoms with Gasteiger partial charge in [-0.2, -0.15) is 5.10 Å². The largest absolute Gasteiger partial charge is 0.493 e. The maximum absolute atomic E-state index is 12.6. The molecular weight excluding hydrogens is 746 g/mol. The molecule has 0 spiro atoms. The number of methoxy groups -OCH3 is 1. The molecular formula is C27H30I2N4O7. The van der Waals surface area contributed by atoms with Gasteiger partial charge in [0.1, 0.15) is 5.75 Å². The van der Waals surface area contributed by atoms with Crippen LogP contribution in [0.2, 0.25) is 0 Å². The molecule has 0 radical (unpaired) electrons. The summed E-state index contributed by atoms with van der Waals surface area (Å²) in [5, 5.41) is 9.39. The molecule has 1 heterocycles. The summed E-state index contributed by atoms with van der Waals surface area (Å²) in [4.78, 5) is 37.1. The van der Waals surface area contributed by atoms with Crippen LogP contribution in [-0.4, -0.2) is 50.5 Å². The summed E-state index contributed by atoms with van der Waals surface area (Å²) in [5.41, 5.74) is 4.43. The highest BCUT2D eigenvalue weighted by Crippen LogP contribution is 2.34. The summed E-state index contributed by atoms with van der Waals surface area (Å²) >= 11 is 4.41. The first kappa shape index (κ1) is 31.4. The molecule has 0 saturated carbocycles. The van der Waals surface area contributed by atoms with E-state index in [-0.39, 0.29) is 24.9 Å². The number of nitrogens with one attached hydrogen (secondary N) is 3. The van der Waals surface area contributed by atoms with Crippen molar-refractivity contribution >= 4 is 69.3 Å². The Hall–Kier alpha value is -3.08. The Morgan fingerprint density at radius 3 is 2.60 bits per heavy atom. The number of ether oxygens (including phenoxy) is 4. The highest BCUT2D eigenvalue weighted by Gasteiger charge is 2.32. The molecule has 0 unspecified atom stereocenters.